The third kappa shape index (κ3) is 23.8. The molecule has 0 saturated heterocycles. The van der Waals surface area contributed by atoms with E-state index < -0.39 is 112 Å². The zero-order chi connectivity index (χ0) is 61.4. The molecular weight excluding hydrogens is 1110 g/mol. The lowest BCUT2D eigenvalue weighted by Gasteiger charge is -2.29. The van der Waals surface area contributed by atoms with E-state index in [0.717, 1.165) is 0 Å². The maximum absolute atomic E-state index is 13.9. The van der Waals surface area contributed by atoms with Gasteiger partial charge in [0.2, 0.25) is 87.3 Å². The smallest absolute Gasteiger partial charge is 0.484 e. The molecule has 4 rings (SSSR count). The van der Waals surface area contributed by atoms with E-state index in [-0.39, 0.29) is 0 Å². The Balaban J connectivity index is 0.000000444. The fourth-order valence-electron chi connectivity index (χ4n) is 10.1. The maximum atomic E-state index is 13.9. The van der Waals surface area contributed by atoms with Crippen LogP contribution in [0.2, 0.25) is 0 Å². The summed E-state index contributed by atoms with van der Waals surface area (Å²) in [6.07, 6.45) is 46.2. The monoisotopic (exact) mass is 1200 g/mol. The number of aryl methyl sites for hydroxylation is 3. The third-order valence-electron chi connectivity index (χ3n) is 14.7. The molecule has 0 aliphatic heterocycles. The molecule has 4 aromatic carbocycles. The largest absolute Gasteiger partial charge is 0.864 e. The van der Waals surface area contributed by atoms with Gasteiger partial charge in [-0.25, -0.2) is 39.5 Å². The van der Waals surface area contributed by atoms with Gasteiger partial charge in [0.05, 0.1) is 0 Å². The Morgan fingerprint density at radius 1 is 0.277 bits per heavy atom. The summed E-state index contributed by atoms with van der Waals surface area (Å²) in [5.41, 5.74) is 5.90. The molecule has 0 radical (unpaired) electrons. The van der Waals surface area contributed by atoms with Crippen molar-refractivity contribution in [2.24, 2.45) is 0 Å². The van der Waals surface area contributed by atoms with Crippen LogP contribution in [-0.2, 0) is 0 Å². The zero-order valence-electron chi connectivity index (χ0n) is 49.1. The van der Waals surface area contributed by atoms with Crippen molar-refractivity contribution >= 4 is 13.0 Å². The second-order valence-corrected chi connectivity index (χ2v) is 21.7. The highest BCUT2D eigenvalue weighted by Crippen LogP contribution is 2.36. The maximum Gasteiger partial charge on any atom is 0.864 e. The van der Waals surface area contributed by atoms with Crippen LogP contribution in [0.25, 0.3) is 0 Å². The first kappa shape index (κ1) is 72.4. The lowest BCUT2D eigenvalue weighted by molar-refractivity contribution is 0.246. The number of hydrogen-bond acceptors (Lipinski definition) is 4. The minimum atomic E-state index is -3.75. The van der Waals surface area contributed by atoms with E-state index in [2.05, 4.69) is 65.6 Å². The molecule has 4 aromatic rings. The van der Waals surface area contributed by atoms with Crippen molar-refractivity contribution in [3.05, 3.63) is 116 Å². The Hall–Kier alpha value is -4.91. The number of nitrogens with zero attached hydrogens (tertiary/aromatic N) is 1. The van der Waals surface area contributed by atoms with Crippen LogP contribution in [0.1, 0.15) is 236 Å². The molecule has 0 spiro atoms. The fourth-order valence-corrected chi connectivity index (χ4v) is 10.1. The summed E-state index contributed by atoms with van der Waals surface area (Å²) in [4.78, 5) is 2.76. The van der Waals surface area contributed by atoms with Crippen LogP contribution in [0.5, 0.6) is 17.2 Å². The van der Waals surface area contributed by atoms with Crippen LogP contribution < -0.4 is 18.9 Å². The SMILES string of the molecule is CCCCCCCCCCCCCCCCCCN(CCCCCCCCCCCCCCCCCC)c1c(C)cc(C)cc1C.Fc1c(F)c(F)c(OB(Oc2c(F)c(F)c(F)c(F)c2F)Oc2c(F)c(F)c(F)c(F)c2F)c(F)c1F. The normalized spacial score (nSPS) is 11.3. The average molecular weight is 1200 g/mol. The summed E-state index contributed by atoms with van der Waals surface area (Å²) in [5.74, 6) is -50.0. The molecule has 0 bridgehead atoms. The second-order valence-electron chi connectivity index (χ2n) is 21.7. The number of unbranched alkanes of at least 4 members (excludes halogenated alkanes) is 30. The number of rotatable bonds is 41. The highest BCUT2D eigenvalue weighted by Gasteiger charge is 2.42. The van der Waals surface area contributed by atoms with Gasteiger partial charge in [0.1, 0.15) is 0 Å². The summed E-state index contributed by atoms with van der Waals surface area (Å²) in [6, 6.07) is 4.80. The molecule has 0 heterocycles. The van der Waals surface area contributed by atoms with E-state index in [1.54, 1.807) is 0 Å². The van der Waals surface area contributed by atoms with Crippen molar-refractivity contribution in [3.63, 3.8) is 0 Å². The van der Waals surface area contributed by atoms with Crippen LogP contribution in [-0.4, -0.2) is 20.4 Å². The number of hydrogen-bond donors (Lipinski definition) is 0. The highest BCUT2D eigenvalue weighted by molar-refractivity contribution is 6.39. The van der Waals surface area contributed by atoms with E-state index >= 15 is 0 Å². The summed E-state index contributed by atoms with van der Waals surface area (Å²) in [7, 11) is -3.75. The molecule has 468 valence electrons. The van der Waals surface area contributed by atoms with E-state index in [1.807, 2.05) is 0 Å². The lowest BCUT2D eigenvalue weighted by atomic mass is 10.0. The minimum Gasteiger partial charge on any atom is -0.484 e. The van der Waals surface area contributed by atoms with Gasteiger partial charge < -0.3 is 18.9 Å². The van der Waals surface area contributed by atoms with E-state index in [1.165, 1.54) is 241 Å². The zero-order valence-corrected chi connectivity index (χ0v) is 49.1. The van der Waals surface area contributed by atoms with Gasteiger partial charge in [-0.2, -0.15) is 26.3 Å². The van der Waals surface area contributed by atoms with Crippen molar-refractivity contribution in [1.82, 2.24) is 0 Å². The molecular formula is C63H85BF15NO3. The number of halogens is 15. The van der Waals surface area contributed by atoms with Crippen LogP contribution in [0.4, 0.5) is 71.5 Å². The van der Waals surface area contributed by atoms with E-state index in [4.69, 9.17) is 0 Å². The molecule has 0 aliphatic carbocycles. The van der Waals surface area contributed by atoms with Gasteiger partial charge in [-0.3, -0.25) is 0 Å². The molecule has 0 saturated carbocycles. The summed E-state index contributed by atoms with van der Waals surface area (Å²) in [6.45, 7) is 14.0. The lowest BCUT2D eigenvalue weighted by Crippen LogP contribution is -2.39. The molecule has 0 aliphatic rings. The van der Waals surface area contributed by atoms with Crippen LogP contribution >= 0.6 is 0 Å². The van der Waals surface area contributed by atoms with E-state index in [0.29, 0.717) is 0 Å². The molecule has 0 N–H and O–H groups in total. The van der Waals surface area contributed by atoms with Gasteiger partial charge in [0.25, 0.3) is 0 Å². The Morgan fingerprint density at radius 3 is 0.663 bits per heavy atom. The van der Waals surface area contributed by atoms with Crippen LogP contribution in [0, 0.1) is 108 Å². The van der Waals surface area contributed by atoms with Gasteiger partial charge >= 0.3 is 7.32 Å². The Bertz CT molecular complexity index is 2240. The third-order valence-corrected chi connectivity index (χ3v) is 14.7. The van der Waals surface area contributed by atoms with Gasteiger partial charge in [-0.15, -0.1) is 0 Å². The summed E-state index contributed by atoms with van der Waals surface area (Å²) < 4.78 is 216. The van der Waals surface area contributed by atoms with Gasteiger partial charge in [-0.05, 0) is 44.7 Å². The summed E-state index contributed by atoms with van der Waals surface area (Å²) in [5, 5.41) is 0. The molecule has 0 unspecified atom stereocenters. The quantitative estimate of drug-likeness (QED) is 0.0146. The van der Waals surface area contributed by atoms with Gasteiger partial charge in [-0.1, -0.05) is 224 Å². The average Bonchev–Trinajstić information content (AvgIpc) is 3.56. The van der Waals surface area contributed by atoms with Crippen LogP contribution in [0.15, 0.2) is 12.1 Å². The number of anilines is 1. The van der Waals surface area contributed by atoms with Crippen molar-refractivity contribution < 1.29 is 79.8 Å². The molecule has 0 fully saturated rings. The van der Waals surface area contributed by atoms with Crippen LogP contribution in [0.3, 0.4) is 0 Å². The molecule has 0 amide bonds. The molecule has 0 aromatic heterocycles. The minimum absolute atomic E-state index is 1.24. The molecule has 83 heavy (non-hydrogen) atoms. The molecule has 20 heteroatoms. The van der Waals surface area contributed by atoms with Crippen molar-refractivity contribution in [2.75, 3.05) is 18.0 Å². The number of benzene rings is 4. The predicted octanol–water partition coefficient (Wildman–Crippen LogP) is 22.2. The van der Waals surface area contributed by atoms with Crippen molar-refractivity contribution in [3.8, 4) is 17.2 Å². The van der Waals surface area contributed by atoms with Crippen molar-refractivity contribution in [1.29, 1.82) is 0 Å². The Morgan fingerprint density at radius 2 is 0.458 bits per heavy atom. The Labute approximate surface area is 482 Å². The van der Waals surface area contributed by atoms with Gasteiger partial charge in [0.15, 0.2) is 17.2 Å². The van der Waals surface area contributed by atoms with E-state index in [9.17, 15) is 65.9 Å². The standard InChI is InChI=1S/C45H85N.C18BF15O3/c1-6-8-10-12-14-16-18-20-22-24-26-28-30-32-34-36-38-46(45-43(4)40-42(3)41-44(45)5)39-37-35-33-31-29-27-25-23-21-19-17-15-13-11-9-7-2;20-1-4(23)10(29)16(11(30)5(1)24)35-19(36-17-12(31)6(25)2(21)7(26)13(17)32)37-18-14(33)8(27)3(22)9(28)15(18)34/h40-41H,6-39H2,1-5H3;. The summed E-state index contributed by atoms with van der Waals surface area (Å²) >= 11 is 0. The molecule has 0 atom stereocenters. The first-order valence-electron chi connectivity index (χ1n) is 30.1. The second kappa shape index (κ2) is 39.7. The molecule has 4 nitrogen and oxygen atoms in total. The topological polar surface area (TPSA) is 30.9 Å². The van der Waals surface area contributed by atoms with Crippen molar-refractivity contribution in [2.45, 2.75) is 240 Å². The fraction of sp³-hybridized carbons (Fsp3) is 0.619. The Kier molecular flexibility index (Phi) is 34.6. The first-order valence-corrected chi connectivity index (χ1v) is 30.1. The highest BCUT2D eigenvalue weighted by atomic mass is 19.2. The first-order chi connectivity index (χ1) is 39.7. The van der Waals surface area contributed by atoms with Gasteiger partial charge in [0, 0.05) is 18.8 Å². The predicted molar refractivity (Wildman–Crippen MR) is 298 cm³/mol.